The summed E-state index contributed by atoms with van der Waals surface area (Å²) in [5, 5.41) is 1.79. The Morgan fingerprint density at radius 2 is 2.00 bits per heavy atom. The molecule has 29 heavy (non-hydrogen) atoms. The van der Waals surface area contributed by atoms with Crippen LogP contribution in [0.3, 0.4) is 0 Å². The van der Waals surface area contributed by atoms with Crippen LogP contribution >= 0.6 is 34.7 Å². The molecule has 0 saturated carbocycles. The first-order valence-corrected chi connectivity index (χ1v) is 11.8. The van der Waals surface area contributed by atoms with E-state index in [9.17, 15) is 4.79 Å². The minimum absolute atomic E-state index is 0.0706. The van der Waals surface area contributed by atoms with E-state index in [-0.39, 0.29) is 12.0 Å². The van der Waals surface area contributed by atoms with Gasteiger partial charge in [0.25, 0.3) is 11.1 Å². The molecule has 0 N–H and O–H groups in total. The van der Waals surface area contributed by atoms with Crippen LogP contribution in [-0.4, -0.2) is 40.2 Å². The Balaban J connectivity index is 1.36. The van der Waals surface area contributed by atoms with Gasteiger partial charge in [0.1, 0.15) is 11.6 Å². The second-order valence-corrected chi connectivity index (χ2v) is 10.4. The summed E-state index contributed by atoms with van der Waals surface area (Å²) in [5.41, 5.74) is 1.55. The van der Waals surface area contributed by atoms with Gasteiger partial charge in [0.2, 0.25) is 0 Å². The summed E-state index contributed by atoms with van der Waals surface area (Å²) in [4.78, 5) is 20.5. The Bertz CT molecular complexity index is 1010. The van der Waals surface area contributed by atoms with E-state index < -0.39 is 0 Å². The Kier molecular flexibility index (Phi) is 6.32. The molecule has 1 aromatic heterocycles. The number of aromatic nitrogens is 1. The normalized spacial score (nSPS) is 15.2. The Labute approximate surface area is 184 Å². The number of halogens is 1. The number of piperidine rings is 1. The SMILES string of the molecule is CC(C)Sc1cccc(C(=O)N2CCC(Oc3nc4c(Cl)cccc4s3)CC2)c1. The maximum absolute atomic E-state index is 12.9. The fourth-order valence-corrected chi connectivity index (χ4v) is 5.50. The number of hydrogen-bond acceptors (Lipinski definition) is 5. The third-order valence-corrected chi connectivity index (χ3v) is 7.01. The first kappa shape index (κ1) is 20.5. The van der Waals surface area contributed by atoms with Crippen LogP contribution in [0.4, 0.5) is 0 Å². The van der Waals surface area contributed by atoms with Crippen molar-refractivity contribution in [2.75, 3.05) is 13.1 Å². The number of ether oxygens (including phenoxy) is 1. The number of fused-ring (bicyclic) bond motifs is 1. The molecule has 2 aromatic carbocycles. The Hall–Kier alpha value is -1.76. The van der Waals surface area contributed by atoms with Crippen molar-refractivity contribution in [2.45, 2.75) is 42.9 Å². The van der Waals surface area contributed by atoms with Crippen LogP contribution in [0.25, 0.3) is 10.2 Å². The number of thioether (sulfide) groups is 1. The number of thiazole rings is 1. The van der Waals surface area contributed by atoms with Crippen LogP contribution in [-0.2, 0) is 0 Å². The van der Waals surface area contributed by atoms with Gasteiger partial charge in [-0.1, -0.05) is 48.9 Å². The molecule has 1 amide bonds. The van der Waals surface area contributed by atoms with E-state index in [1.165, 1.54) is 11.3 Å². The lowest BCUT2D eigenvalue weighted by Gasteiger charge is -2.31. The van der Waals surface area contributed by atoms with Gasteiger partial charge in [-0.3, -0.25) is 4.79 Å². The third-order valence-electron chi connectivity index (χ3n) is 4.80. The molecule has 0 bridgehead atoms. The van der Waals surface area contributed by atoms with Crippen molar-refractivity contribution in [3.05, 3.63) is 53.1 Å². The molecule has 0 spiro atoms. The standard InChI is InChI=1S/C22H23ClN2O2S2/c1-14(2)28-17-6-3-5-15(13-17)21(26)25-11-9-16(10-12-25)27-22-24-20-18(23)7-4-8-19(20)29-22/h3-8,13-14,16H,9-12H2,1-2H3. The monoisotopic (exact) mass is 446 g/mol. The van der Waals surface area contributed by atoms with Crippen molar-refractivity contribution in [1.29, 1.82) is 0 Å². The molecule has 152 valence electrons. The molecule has 1 aliphatic rings. The molecule has 2 heterocycles. The van der Waals surface area contributed by atoms with Gasteiger partial charge in [-0.2, -0.15) is 0 Å². The molecular formula is C22H23ClN2O2S2. The zero-order valence-corrected chi connectivity index (χ0v) is 18.8. The van der Waals surface area contributed by atoms with Gasteiger partial charge in [-0.25, -0.2) is 4.98 Å². The maximum Gasteiger partial charge on any atom is 0.274 e. The van der Waals surface area contributed by atoms with E-state index in [0.717, 1.165) is 33.5 Å². The number of nitrogens with zero attached hydrogens (tertiary/aromatic N) is 2. The minimum atomic E-state index is 0.0706. The summed E-state index contributed by atoms with van der Waals surface area (Å²) in [6.07, 6.45) is 1.67. The number of para-hydroxylation sites is 1. The smallest absolute Gasteiger partial charge is 0.274 e. The van der Waals surface area contributed by atoms with Crippen LogP contribution in [0.1, 0.15) is 37.0 Å². The van der Waals surface area contributed by atoms with Gasteiger partial charge in [0.15, 0.2) is 0 Å². The highest BCUT2D eigenvalue weighted by Gasteiger charge is 2.25. The lowest BCUT2D eigenvalue weighted by atomic mass is 10.1. The van der Waals surface area contributed by atoms with Gasteiger partial charge in [-0.15, -0.1) is 11.8 Å². The van der Waals surface area contributed by atoms with E-state index in [4.69, 9.17) is 16.3 Å². The highest BCUT2D eigenvalue weighted by molar-refractivity contribution is 7.99. The van der Waals surface area contributed by atoms with Crippen molar-refractivity contribution < 1.29 is 9.53 Å². The molecular weight excluding hydrogens is 424 g/mol. The van der Waals surface area contributed by atoms with Crippen molar-refractivity contribution in [1.82, 2.24) is 9.88 Å². The van der Waals surface area contributed by atoms with Crippen LogP contribution < -0.4 is 4.74 Å². The molecule has 4 nitrogen and oxygen atoms in total. The summed E-state index contributed by atoms with van der Waals surface area (Å²) in [6.45, 7) is 5.69. The second kappa shape index (κ2) is 8.94. The number of benzene rings is 2. The van der Waals surface area contributed by atoms with Crippen molar-refractivity contribution in [2.24, 2.45) is 0 Å². The van der Waals surface area contributed by atoms with E-state index in [1.807, 2.05) is 41.3 Å². The van der Waals surface area contributed by atoms with E-state index in [0.29, 0.717) is 28.6 Å². The van der Waals surface area contributed by atoms with Gasteiger partial charge >= 0.3 is 0 Å². The lowest BCUT2D eigenvalue weighted by molar-refractivity contribution is 0.0595. The molecule has 0 atom stereocenters. The number of amides is 1. The number of carbonyl (C=O) groups excluding carboxylic acids is 1. The topological polar surface area (TPSA) is 42.4 Å². The Morgan fingerprint density at radius 1 is 1.24 bits per heavy atom. The van der Waals surface area contributed by atoms with Crippen molar-refractivity contribution in [3.63, 3.8) is 0 Å². The number of rotatable bonds is 5. The van der Waals surface area contributed by atoms with E-state index >= 15 is 0 Å². The van der Waals surface area contributed by atoms with Gasteiger partial charge in [0, 0.05) is 41.6 Å². The molecule has 3 aromatic rings. The predicted octanol–water partition coefficient (Wildman–Crippen LogP) is 6.13. The molecule has 1 saturated heterocycles. The molecule has 1 fully saturated rings. The van der Waals surface area contributed by atoms with Gasteiger partial charge in [-0.05, 0) is 30.3 Å². The van der Waals surface area contributed by atoms with E-state index in [2.05, 4.69) is 24.9 Å². The number of carbonyl (C=O) groups is 1. The zero-order valence-electron chi connectivity index (χ0n) is 16.4. The largest absolute Gasteiger partial charge is 0.467 e. The van der Waals surface area contributed by atoms with Crippen molar-refractivity contribution in [3.8, 4) is 5.19 Å². The quantitative estimate of drug-likeness (QED) is 0.442. The van der Waals surface area contributed by atoms with Gasteiger partial charge < -0.3 is 9.64 Å². The van der Waals surface area contributed by atoms with E-state index in [1.54, 1.807) is 11.8 Å². The molecule has 7 heteroatoms. The Morgan fingerprint density at radius 3 is 2.72 bits per heavy atom. The fraction of sp³-hybridized carbons (Fsp3) is 0.364. The third kappa shape index (κ3) is 4.87. The predicted molar refractivity (Wildman–Crippen MR) is 122 cm³/mol. The van der Waals surface area contributed by atoms with Crippen LogP contribution in [0, 0.1) is 0 Å². The summed E-state index contributed by atoms with van der Waals surface area (Å²) >= 11 is 9.50. The molecule has 0 unspecified atom stereocenters. The molecule has 1 aliphatic heterocycles. The van der Waals surface area contributed by atoms with Gasteiger partial charge in [0.05, 0.1) is 9.72 Å². The summed E-state index contributed by atoms with van der Waals surface area (Å²) in [5.74, 6) is 0.0985. The van der Waals surface area contributed by atoms with Crippen molar-refractivity contribution >= 4 is 50.8 Å². The first-order valence-electron chi connectivity index (χ1n) is 9.77. The summed E-state index contributed by atoms with van der Waals surface area (Å²) in [6, 6.07) is 13.7. The average Bonchev–Trinajstić information content (AvgIpc) is 3.12. The minimum Gasteiger partial charge on any atom is -0.467 e. The zero-order chi connectivity index (χ0) is 20.4. The lowest BCUT2D eigenvalue weighted by Crippen LogP contribution is -2.41. The molecule has 4 rings (SSSR count). The maximum atomic E-state index is 12.9. The fourth-order valence-electron chi connectivity index (χ4n) is 3.42. The average molecular weight is 447 g/mol. The summed E-state index contributed by atoms with van der Waals surface area (Å²) < 4.78 is 7.13. The molecule has 0 aliphatic carbocycles. The number of likely N-dealkylation sites (tertiary alicyclic amines) is 1. The highest BCUT2D eigenvalue weighted by atomic mass is 35.5. The first-order chi connectivity index (χ1) is 14.0. The van der Waals surface area contributed by atoms with Crippen LogP contribution in [0.2, 0.25) is 5.02 Å². The van der Waals surface area contributed by atoms with Crippen LogP contribution in [0.15, 0.2) is 47.4 Å². The summed E-state index contributed by atoms with van der Waals surface area (Å²) in [7, 11) is 0. The van der Waals surface area contributed by atoms with Crippen LogP contribution in [0.5, 0.6) is 5.19 Å². The number of hydrogen-bond donors (Lipinski definition) is 0. The second-order valence-electron chi connectivity index (χ2n) is 7.37. The molecule has 0 radical (unpaired) electrons. The highest BCUT2D eigenvalue weighted by Crippen LogP contribution is 2.33.